The van der Waals surface area contributed by atoms with Crippen LogP contribution in [0.1, 0.15) is 10.4 Å². The molecule has 3 amide bonds. The van der Waals surface area contributed by atoms with E-state index < -0.39 is 17.8 Å². The second-order valence-corrected chi connectivity index (χ2v) is 4.11. The van der Waals surface area contributed by atoms with Crippen LogP contribution in [0, 0.1) is 5.82 Å². The first-order chi connectivity index (χ1) is 10.1. The number of benzene rings is 2. The lowest BCUT2D eigenvalue weighted by Crippen LogP contribution is -2.29. The summed E-state index contributed by atoms with van der Waals surface area (Å²) in [5, 5.41) is 4.91. The van der Waals surface area contributed by atoms with Crippen molar-refractivity contribution in [1.82, 2.24) is 5.43 Å². The lowest BCUT2D eigenvalue weighted by atomic mass is 10.2. The number of rotatable bonds is 3. The van der Waals surface area contributed by atoms with Gasteiger partial charge in [-0.1, -0.05) is 12.1 Å². The number of hydrogen-bond donors (Lipinski definition) is 4. The summed E-state index contributed by atoms with van der Waals surface area (Å²) in [6.45, 7) is 0. The second kappa shape index (κ2) is 6.49. The quantitative estimate of drug-likeness (QED) is 0.395. The molecule has 108 valence electrons. The summed E-state index contributed by atoms with van der Waals surface area (Å²) in [5.41, 5.74) is 2.89. The number of hydrogen-bond acceptors (Lipinski definition) is 3. The molecule has 6 nitrogen and oxygen atoms in total. The van der Waals surface area contributed by atoms with E-state index in [1.807, 2.05) is 5.43 Å². The first-order valence-electron chi connectivity index (χ1n) is 6.03. The van der Waals surface area contributed by atoms with Crippen LogP contribution in [0.2, 0.25) is 0 Å². The van der Waals surface area contributed by atoms with Crippen molar-refractivity contribution in [2.24, 2.45) is 5.84 Å². The number of nitrogen functional groups attached to an aromatic ring is 1. The van der Waals surface area contributed by atoms with E-state index in [2.05, 4.69) is 10.6 Å². The minimum absolute atomic E-state index is 0.0779. The Labute approximate surface area is 120 Å². The van der Waals surface area contributed by atoms with E-state index in [4.69, 9.17) is 5.84 Å². The Morgan fingerprint density at radius 1 is 0.952 bits per heavy atom. The summed E-state index contributed by atoms with van der Waals surface area (Å²) in [5.74, 6) is 4.05. The smallest absolute Gasteiger partial charge is 0.308 e. The lowest BCUT2D eigenvalue weighted by Gasteiger charge is -2.08. The van der Waals surface area contributed by atoms with Crippen molar-refractivity contribution in [3.63, 3.8) is 0 Å². The van der Waals surface area contributed by atoms with Gasteiger partial charge in [-0.05, 0) is 36.4 Å². The van der Waals surface area contributed by atoms with E-state index in [0.29, 0.717) is 11.3 Å². The number of hydrazine groups is 1. The highest BCUT2D eigenvalue weighted by Crippen LogP contribution is 2.14. The van der Waals surface area contributed by atoms with E-state index in [-0.39, 0.29) is 5.69 Å². The highest BCUT2D eigenvalue weighted by Gasteiger charge is 2.07. The zero-order chi connectivity index (χ0) is 15.2. The van der Waals surface area contributed by atoms with Crippen molar-refractivity contribution in [2.75, 3.05) is 10.6 Å². The fourth-order valence-electron chi connectivity index (χ4n) is 1.64. The van der Waals surface area contributed by atoms with Crippen molar-refractivity contribution < 1.29 is 14.0 Å². The average Bonchev–Trinajstić information content (AvgIpc) is 2.49. The fraction of sp³-hybridized carbons (Fsp3) is 0. The van der Waals surface area contributed by atoms with Gasteiger partial charge in [0.15, 0.2) is 0 Å². The monoisotopic (exact) mass is 288 g/mol. The number of carbonyl (C=O) groups is 2. The van der Waals surface area contributed by atoms with Gasteiger partial charge in [0, 0.05) is 11.3 Å². The molecule has 0 aliphatic heterocycles. The molecule has 0 aliphatic carbocycles. The maximum absolute atomic E-state index is 13.4. The van der Waals surface area contributed by atoms with Crippen LogP contribution in [0.5, 0.6) is 0 Å². The first kappa shape index (κ1) is 14.5. The predicted molar refractivity (Wildman–Crippen MR) is 77.1 cm³/mol. The van der Waals surface area contributed by atoms with E-state index in [1.54, 1.807) is 6.07 Å². The van der Waals surface area contributed by atoms with Gasteiger partial charge >= 0.3 is 6.03 Å². The number of urea groups is 1. The maximum Gasteiger partial charge on any atom is 0.323 e. The third-order valence-electron chi connectivity index (χ3n) is 2.66. The molecule has 0 aliphatic rings. The topological polar surface area (TPSA) is 96.2 Å². The largest absolute Gasteiger partial charge is 0.323 e. The SMILES string of the molecule is NNC(=O)c1ccc(NC(=O)Nc2ccccc2F)cc1. The molecule has 0 heterocycles. The Kier molecular flexibility index (Phi) is 4.47. The molecule has 7 heteroatoms. The lowest BCUT2D eigenvalue weighted by molar-refractivity contribution is 0.0953. The van der Waals surface area contributed by atoms with Crippen LogP contribution in [-0.2, 0) is 0 Å². The Morgan fingerprint density at radius 2 is 1.62 bits per heavy atom. The molecule has 21 heavy (non-hydrogen) atoms. The van der Waals surface area contributed by atoms with E-state index >= 15 is 0 Å². The highest BCUT2D eigenvalue weighted by molar-refractivity contribution is 6.00. The van der Waals surface area contributed by atoms with Crippen molar-refractivity contribution in [1.29, 1.82) is 0 Å². The average molecular weight is 288 g/mol. The van der Waals surface area contributed by atoms with Gasteiger partial charge in [-0.3, -0.25) is 10.2 Å². The normalized spacial score (nSPS) is 9.81. The molecule has 2 aromatic carbocycles. The van der Waals surface area contributed by atoms with Gasteiger partial charge in [0.2, 0.25) is 0 Å². The summed E-state index contributed by atoms with van der Waals surface area (Å²) in [4.78, 5) is 23.0. The molecule has 0 atom stereocenters. The second-order valence-electron chi connectivity index (χ2n) is 4.11. The zero-order valence-electron chi connectivity index (χ0n) is 10.9. The molecular weight excluding hydrogens is 275 g/mol. The van der Waals surface area contributed by atoms with Crippen LogP contribution < -0.4 is 21.9 Å². The molecule has 0 aromatic heterocycles. The number of nitrogens with two attached hydrogens (primary N) is 1. The zero-order valence-corrected chi connectivity index (χ0v) is 10.9. The first-order valence-corrected chi connectivity index (χ1v) is 6.03. The Morgan fingerprint density at radius 3 is 2.24 bits per heavy atom. The molecule has 0 spiro atoms. The molecule has 0 bridgehead atoms. The summed E-state index contributed by atoms with van der Waals surface area (Å²) >= 11 is 0. The number of para-hydroxylation sites is 1. The Hall–Kier alpha value is -2.93. The van der Waals surface area contributed by atoms with Crippen molar-refractivity contribution >= 4 is 23.3 Å². The standard InChI is InChI=1S/C14H13FN4O2/c15-11-3-1-2-4-12(11)18-14(21)17-10-7-5-9(6-8-10)13(20)19-16/h1-8H,16H2,(H,19,20)(H2,17,18,21). The van der Waals surface area contributed by atoms with Gasteiger partial charge in [0.1, 0.15) is 5.82 Å². The number of halogens is 1. The van der Waals surface area contributed by atoms with Crippen molar-refractivity contribution in [3.05, 3.63) is 59.9 Å². The summed E-state index contributed by atoms with van der Waals surface area (Å²) in [6, 6.07) is 11.3. The third-order valence-corrected chi connectivity index (χ3v) is 2.66. The molecule has 2 rings (SSSR count). The van der Waals surface area contributed by atoms with Crippen LogP contribution >= 0.6 is 0 Å². The molecule has 2 aromatic rings. The van der Waals surface area contributed by atoms with Gasteiger partial charge in [-0.15, -0.1) is 0 Å². The van der Waals surface area contributed by atoms with E-state index in [0.717, 1.165) is 0 Å². The molecule has 0 unspecified atom stereocenters. The van der Waals surface area contributed by atoms with Crippen molar-refractivity contribution in [2.45, 2.75) is 0 Å². The fourth-order valence-corrected chi connectivity index (χ4v) is 1.64. The minimum atomic E-state index is -0.587. The number of amides is 3. The van der Waals surface area contributed by atoms with Gasteiger partial charge in [0.05, 0.1) is 5.69 Å². The Balaban J connectivity index is 2.00. The summed E-state index contributed by atoms with van der Waals surface area (Å²) < 4.78 is 13.4. The highest BCUT2D eigenvalue weighted by atomic mass is 19.1. The van der Waals surface area contributed by atoms with Gasteiger partial charge in [-0.25, -0.2) is 15.0 Å². The van der Waals surface area contributed by atoms with Gasteiger partial charge in [0.25, 0.3) is 5.91 Å². The predicted octanol–water partition coefficient (Wildman–Crippen LogP) is 2.07. The van der Waals surface area contributed by atoms with E-state index in [1.165, 1.54) is 42.5 Å². The summed E-state index contributed by atoms with van der Waals surface area (Å²) in [6.07, 6.45) is 0. The van der Waals surface area contributed by atoms with Crippen LogP contribution in [0.4, 0.5) is 20.6 Å². The number of nitrogens with one attached hydrogen (secondary N) is 3. The minimum Gasteiger partial charge on any atom is -0.308 e. The molecule has 0 radical (unpaired) electrons. The summed E-state index contributed by atoms with van der Waals surface area (Å²) in [7, 11) is 0. The third kappa shape index (κ3) is 3.77. The molecular formula is C14H13FN4O2. The number of carbonyl (C=O) groups excluding carboxylic acids is 2. The van der Waals surface area contributed by atoms with Crippen molar-refractivity contribution in [3.8, 4) is 0 Å². The van der Waals surface area contributed by atoms with Crippen LogP contribution in [-0.4, -0.2) is 11.9 Å². The number of anilines is 2. The van der Waals surface area contributed by atoms with Gasteiger partial charge < -0.3 is 10.6 Å². The molecule has 5 N–H and O–H groups in total. The Bertz CT molecular complexity index is 658. The molecule has 0 saturated heterocycles. The van der Waals surface area contributed by atoms with Crippen LogP contribution in [0.3, 0.4) is 0 Å². The van der Waals surface area contributed by atoms with Gasteiger partial charge in [-0.2, -0.15) is 0 Å². The van der Waals surface area contributed by atoms with Crippen LogP contribution in [0.15, 0.2) is 48.5 Å². The van der Waals surface area contributed by atoms with E-state index in [9.17, 15) is 14.0 Å². The van der Waals surface area contributed by atoms with Crippen LogP contribution in [0.25, 0.3) is 0 Å². The maximum atomic E-state index is 13.4. The molecule has 0 saturated carbocycles. The molecule has 0 fully saturated rings.